The first kappa shape index (κ1) is 20.4. The quantitative estimate of drug-likeness (QED) is 0.360. The van der Waals surface area contributed by atoms with Crippen molar-refractivity contribution in [2.75, 3.05) is 14.2 Å². The molecule has 0 aromatic heterocycles. The molecule has 0 fully saturated rings. The highest BCUT2D eigenvalue weighted by molar-refractivity contribution is 6.70. The molecule has 1 aromatic carbocycles. The Kier molecular flexibility index (Phi) is 7.16. The van der Waals surface area contributed by atoms with E-state index < -0.39 is 16.6 Å². The van der Waals surface area contributed by atoms with Crippen LogP contribution in [0, 0.1) is 0 Å². The summed E-state index contributed by atoms with van der Waals surface area (Å²) >= 11 is 0. The van der Waals surface area contributed by atoms with Crippen LogP contribution in [-0.4, -0.2) is 30.9 Å². The van der Waals surface area contributed by atoms with Crippen molar-refractivity contribution < 1.29 is 18.3 Å². The van der Waals surface area contributed by atoms with E-state index in [2.05, 4.69) is 39.3 Å². The third kappa shape index (κ3) is 6.84. The molecule has 0 unspecified atom stereocenters. The normalized spacial score (nSPS) is 13.9. The third-order valence-corrected chi connectivity index (χ3v) is 4.37. The van der Waals surface area contributed by atoms with Crippen molar-refractivity contribution in [1.29, 1.82) is 0 Å². The van der Waals surface area contributed by atoms with Gasteiger partial charge in [-0.1, -0.05) is 30.3 Å². The van der Waals surface area contributed by atoms with Crippen molar-refractivity contribution in [3.05, 3.63) is 53.9 Å². The summed E-state index contributed by atoms with van der Waals surface area (Å²) in [6.07, 6.45) is 1.62. The lowest BCUT2D eigenvalue weighted by Crippen LogP contribution is -2.28. The minimum Gasteiger partial charge on any atom is -0.542 e. The van der Waals surface area contributed by atoms with Gasteiger partial charge >= 0.3 is 0 Å². The summed E-state index contributed by atoms with van der Waals surface area (Å²) in [4.78, 5) is 0. The zero-order valence-electron chi connectivity index (χ0n) is 16.1. The Morgan fingerprint density at radius 1 is 0.833 bits per heavy atom. The van der Waals surface area contributed by atoms with E-state index in [0.29, 0.717) is 11.7 Å². The van der Waals surface area contributed by atoms with Crippen molar-refractivity contribution in [2.45, 2.75) is 39.3 Å². The van der Waals surface area contributed by atoms with Gasteiger partial charge in [-0.15, -0.1) is 0 Å². The van der Waals surface area contributed by atoms with Gasteiger partial charge in [-0.05, 0) is 44.8 Å². The molecule has 0 aliphatic rings. The number of benzene rings is 1. The van der Waals surface area contributed by atoms with Gasteiger partial charge in [0.15, 0.2) is 5.76 Å². The fraction of sp³-hybridized carbons (Fsp3) is 0.444. The van der Waals surface area contributed by atoms with Gasteiger partial charge in [0.1, 0.15) is 11.8 Å². The van der Waals surface area contributed by atoms with Gasteiger partial charge in [-0.25, -0.2) is 0 Å². The third-order valence-electron chi connectivity index (χ3n) is 2.74. The van der Waals surface area contributed by atoms with Crippen LogP contribution in [0.3, 0.4) is 0 Å². The van der Waals surface area contributed by atoms with E-state index in [0.717, 1.165) is 11.1 Å². The van der Waals surface area contributed by atoms with Crippen LogP contribution in [0.1, 0.15) is 5.56 Å². The van der Waals surface area contributed by atoms with Gasteiger partial charge < -0.3 is 18.3 Å². The predicted molar refractivity (Wildman–Crippen MR) is 104 cm³/mol. The summed E-state index contributed by atoms with van der Waals surface area (Å²) in [5, 5.41) is 0. The summed E-state index contributed by atoms with van der Waals surface area (Å²) < 4.78 is 23.3. The molecule has 0 spiro atoms. The Labute approximate surface area is 148 Å². The summed E-state index contributed by atoms with van der Waals surface area (Å²) in [6.45, 7) is 12.7. The molecular weight excluding hydrogens is 336 g/mol. The molecule has 0 bridgehead atoms. The maximum Gasteiger partial charge on any atom is 0.277 e. The minimum atomic E-state index is -1.86. The van der Waals surface area contributed by atoms with Crippen LogP contribution >= 0.6 is 0 Å². The van der Waals surface area contributed by atoms with E-state index in [4.69, 9.17) is 18.3 Å². The van der Waals surface area contributed by atoms with E-state index in [-0.39, 0.29) is 0 Å². The second-order valence-electron chi connectivity index (χ2n) is 7.38. The first-order valence-electron chi connectivity index (χ1n) is 8.02. The van der Waals surface area contributed by atoms with Gasteiger partial charge in [0.25, 0.3) is 5.95 Å². The summed E-state index contributed by atoms with van der Waals surface area (Å²) in [7, 11) is -0.477. The van der Waals surface area contributed by atoms with Crippen LogP contribution in [0.5, 0.6) is 0 Å². The SMILES string of the molecule is CO/C=C(O[Si](C)(C)C)\C(=C(/OC)O[Si](C)(C)C)c1ccccc1. The lowest BCUT2D eigenvalue weighted by Gasteiger charge is -2.27. The van der Waals surface area contributed by atoms with Gasteiger partial charge in [-0.2, -0.15) is 0 Å². The second kappa shape index (κ2) is 8.44. The number of hydrogen-bond donors (Lipinski definition) is 0. The fourth-order valence-electron chi connectivity index (χ4n) is 2.01. The van der Waals surface area contributed by atoms with Gasteiger partial charge in [-0.3, -0.25) is 0 Å². The summed E-state index contributed by atoms with van der Waals surface area (Å²) in [5.74, 6) is 1.11. The molecule has 0 radical (unpaired) electrons. The average Bonchev–Trinajstić information content (AvgIpc) is 2.45. The Hall–Kier alpha value is -1.67. The van der Waals surface area contributed by atoms with Crippen LogP contribution in [0.2, 0.25) is 39.3 Å². The highest BCUT2D eigenvalue weighted by Crippen LogP contribution is 2.32. The molecule has 0 aliphatic heterocycles. The van der Waals surface area contributed by atoms with Crippen molar-refractivity contribution in [3.63, 3.8) is 0 Å². The van der Waals surface area contributed by atoms with Crippen molar-refractivity contribution in [1.82, 2.24) is 0 Å². The Bertz CT molecular complexity index is 581. The molecule has 6 heteroatoms. The molecule has 4 nitrogen and oxygen atoms in total. The van der Waals surface area contributed by atoms with Gasteiger partial charge in [0.05, 0.1) is 14.2 Å². The van der Waals surface area contributed by atoms with Crippen LogP contribution in [0.15, 0.2) is 48.3 Å². The molecule has 0 atom stereocenters. The molecule has 24 heavy (non-hydrogen) atoms. The van der Waals surface area contributed by atoms with E-state index >= 15 is 0 Å². The zero-order chi connectivity index (χ0) is 18.4. The molecule has 1 rings (SSSR count). The molecule has 134 valence electrons. The number of methoxy groups -OCH3 is 2. The second-order valence-corrected chi connectivity index (χ2v) is 16.2. The monoisotopic (exact) mass is 366 g/mol. The van der Waals surface area contributed by atoms with Crippen molar-refractivity contribution >= 4 is 22.2 Å². The predicted octanol–water partition coefficient (Wildman–Crippen LogP) is 5.19. The van der Waals surface area contributed by atoms with Crippen molar-refractivity contribution in [3.8, 4) is 0 Å². The molecule has 0 saturated heterocycles. The van der Waals surface area contributed by atoms with E-state index in [9.17, 15) is 0 Å². The van der Waals surface area contributed by atoms with Crippen LogP contribution in [0.4, 0.5) is 0 Å². The number of allylic oxidation sites excluding steroid dienone is 1. The standard InChI is InChI=1S/C18H30O4Si2/c1-19-14-16(21-23(3,4)5)17(15-12-10-9-11-13-15)18(20-2)22-24(6,7)8/h9-14H,1-8H3/b16-14+,18-17+. The van der Waals surface area contributed by atoms with E-state index in [1.165, 1.54) is 0 Å². The van der Waals surface area contributed by atoms with Crippen LogP contribution in [-0.2, 0) is 18.3 Å². The number of rotatable bonds is 8. The molecule has 0 saturated carbocycles. The lowest BCUT2D eigenvalue weighted by molar-refractivity contribution is 0.148. The summed E-state index contributed by atoms with van der Waals surface area (Å²) in [6, 6.07) is 9.97. The smallest absolute Gasteiger partial charge is 0.277 e. The molecule has 1 aromatic rings. The first-order chi connectivity index (χ1) is 11.1. The summed E-state index contributed by atoms with van der Waals surface area (Å²) in [5.41, 5.74) is 1.75. The van der Waals surface area contributed by atoms with Gasteiger partial charge in [0, 0.05) is 0 Å². The maximum absolute atomic E-state index is 6.26. The Morgan fingerprint density at radius 2 is 1.38 bits per heavy atom. The van der Waals surface area contributed by atoms with Crippen LogP contribution in [0.25, 0.3) is 5.57 Å². The zero-order valence-corrected chi connectivity index (χ0v) is 18.1. The van der Waals surface area contributed by atoms with Gasteiger partial charge in [0.2, 0.25) is 16.6 Å². The Morgan fingerprint density at radius 3 is 1.79 bits per heavy atom. The molecule has 0 heterocycles. The minimum absolute atomic E-state index is 0.474. The van der Waals surface area contributed by atoms with E-state index in [1.54, 1.807) is 20.5 Å². The molecule has 0 amide bonds. The topological polar surface area (TPSA) is 36.9 Å². The van der Waals surface area contributed by atoms with E-state index in [1.807, 2.05) is 30.3 Å². The molecular formula is C18H30O4Si2. The fourth-order valence-corrected chi connectivity index (χ4v) is 3.56. The van der Waals surface area contributed by atoms with Crippen LogP contribution < -0.4 is 0 Å². The molecule has 0 N–H and O–H groups in total. The number of ether oxygens (including phenoxy) is 2. The highest BCUT2D eigenvalue weighted by atomic mass is 28.4. The average molecular weight is 367 g/mol. The number of hydrogen-bond acceptors (Lipinski definition) is 4. The Balaban J connectivity index is 3.54. The maximum atomic E-state index is 6.26. The largest absolute Gasteiger partial charge is 0.542 e. The highest BCUT2D eigenvalue weighted by Gasteiger charge is 2.28. The van der Waals surface area contributed by atoms with Crippen molar-refractivity contribution in [2.24, 2.45) is 0 Å². The molecule has 0 aliphatic carbocycles. The first-order valence-corrected chi connectivity index (χ1v) is 14.8. The lowest BCUT2D eigenvalue weighted by atomic mass is 10.1.